The molecule has 7 heteroatoms. The van der Waals surface area contributed by atoms with Crippen LogP contribution in [0.5, 0.6) is 11.5 Å². The summed E-state index contributed by atoms with van der Waals surface area (Å²) in [5, 5.41) is 10.2. The van der Waals surface area contributed by atoms with E-state index in [1.165, 1.54) is 24.2 Å². The molecule has 186 valence electrons. The molecule has 1 N–H and O–H groups in total. The zero-order valence-corrected chi connectivity index (χ0v) is 20.4. The highest BCUT2D eigenvalue weighted by Crippen LogP contribution is 2.55. The summed E-state index contributed by atoms with van der Waals surface area (Å²) >= 11 is 0. The number of phenolic OH excluding ortho intramolecular Hbond substituents is 1. The van der Waals surface area contributed by atoms with Crippen LogP contribution in [0.15, 0.2) is 83.0 Å². The Labute approximate surface area is 213 Å². The summed E-state index contributed by atoms with van der Waals surface area (Å²) in [6.07, 6.45) is 3.95. The molecular formula is C30H25NO6. The third-order valence-electron chi connectivity index (χ3n) is 8.11. The maximum atomic E-state index is 13.8. The lowest BCUT2D eigenvalue weighted by atomic mass is 9.59. The lowest BCUT2D eigenvalue weighted by Gasteiger charge is -2.42. The Balaban J connectivity index is 1.50. The molecule has 37 heavy (non-hydrogen) atoms. The van der Waals surface area contributed by atoms with Gasteiger partial charge in [0.1, 0.15) is 0 Å². The summed E-state index contributed by atoms with van der Waals surface area (Å²) in [5.41, 5.74) is 3.25. The number of hydrogen-bond donors (Lipinski definition) is 1. The Hall–Kier alpha value is -4.26. The number of fused-ring (bicyclic) bond motifs is 3. The first-order valence-corrected chi connectivity index (χ1v) is 12.3. The molecule has 7 nitrogen and oxygen atoms in total. The fraction of sp³-hybridized carbons (Fsp3) is 0.267. The number of benzene rings is 2. The number of methoxy groups -OCH3 is 1. The Kier molecular flexibility index (Phi) is 5.26. The fourth-order valence-corrected chi connectivity index (χ4v) is 6.47. The predicted molar refractivity (Wildman–Crippen MR) is 135 cm³/mol. The number of Topliss-reactive ketones (excluding diaryl/α,β-unsaturated/α-hetero) is 1. The van der Waals surface area contributed by atoms with Crippen LogP contribution in [-0.4, -0.2) is 35.6 Å². The lowest BCUT2D eigenvalue weighted by Crippen LogP contribution is -2.39. The SMILES string of the molecule is COc1cc(C2C3=CCC4C(=O)N(c5ccccc5)C(=O)C4C3CC3=C2C(=O)C=C(C)C3=O)ccc1O. The summed E-state index contributed by atoms with van der Waals surface area (Å²) in [4.78, 5) is 55.2. The number of para-hydroxylation sites is 1. The summed E-state index contributed by atoms with van der Waals surface area (Å²) < 4.78 is 5.32. The third kappa shape index (κ3) is 3.34. The number of amides is 2. The molecule has 1 aliphatic heterocycles. The molecule has 1 heterocycles. The van der Waals surface area contributed by atoms with Crippen molar-refractivity contribution in [2.24, 2.45) is 17.8 Å². The van der Waals surface area contributed by atoms with Gasteiger partial charge in [-0.15, -0.1) is 0 Å². The van der Waals surface area contributed by atoms with Gasteiger partial charge in [0.05, 0.1) is 24.6 Å². The molecule has 0 spiro atoms. The van der Waals surface area contributed by atoms with Gasteiger partial charge in [-0.1, -0.05) is 35.9 Å². The molecule has 3 aliphatic carbocycles. The molecule has 6 rings (SSSR count). The van der Waals surface area contributed by atoms with Crippen LogP contribution in [0.1, 0.15) is 31.2 Å². The normalized spacial score (nSPS) is 26.9. The van der Waals surface area contributed by atoms with Crippen LogP contribution in [0.2, 0.25) is 0 Å². The zero-order chi connectivity index (χ0) is 26.0. The molecule has 2 aromatic rings. The van der Waals surface area contributed by atoms with Crippen molar-refractivity contribution < 1.29 is 29.0 Å². The van der Waals surface area contributed by atoms with Gasteiger partial charge in [-0.2, -0.15) is 0 Å². The van der Waals surface area contributed by atoms with E-state index in [-0.39, 0.29) is 41.3 Å². The number of phenols is 1. The number of carbonyl (C=O) groups is 4. The number of nitrogens with zero attached hydrogens (tertiary/aromatic N) is 1. The Bertz CT molecular complexity index is 1480. The minimum atomic E-state index is -0.627. The Morgan fingerprint density at radius 1 is 0.973 bits per heavy atom. The van der Waals surface area contributed by atoms with E-state index in [4.69, 9.17) is 4.74 Å². The maximum absolute atomic E-state index is 13.8. The van der Waals surface area contributed by atoms with E-state index in [0.29, 0.717) is 34.4 Å². The Morgan fingerprint density at radius 3 is 2.46 bits per heavy atom. The number of hydrogen-bond acceptors (Lipinski definition) is 6. The largest absolute Gasteiger partial charge is 0.504 e. The van der Waals surface area contributed by atoms with Gasteiger partial charge in [-0.3, -0.25) is 24.1 Å². The van der Waals surface area contributed by atoms with Crippen molar-refractivity contribution in [2.75, 3.05) is 12.0 Å². The molecule has 0 radical (unpaired) electrons. The van der Waals surface area contributed by atoms with Gasteiger partial charge in [0.25, 0.3) is 0 Å². The van der Waals surface area contributed by atoms with Crippen molar-refractivity contribution in [3.63, 3.8) is 0 Å². The lowest BCUT2D eigenvalue weighted by molar-refractivity contribution is -0.123. The van der Waals surface area contributed by atoms with Gasteiger partial charge in [-0.05, 0) is 61.6 Å². The van der Waals surface area contributed by atoms with Crippen LogP contribution in [0, 0.1) is 17.8 Å². The molecular weight excluding hydrogens is 470 g/mol. The van der Waals surface area contributed by atoms with Gasteiger partial charge in [0.2, 0.25) is 11.8 Å². The van der Waals surface area contributed by atoms with E-state index in [1.54, 1.807) is 43.3 Å². The van der Waals surface area contributed by atoms with Crippen LogP contribution in [0.3, 0.4) is 0 Å². The van der Waals surface area contributed by atoms with Gasteiger partial charge < -0.3 is 9.84 Å². The zero-order valence-electron chi connectivity index (χ0n) is 20.4. The van der Waals surface area contributed by atoms with Crippen LogP contribution in [0.4, 0.5) is 5.69 Å². The monoisotopic (exact) mass is 495 g/mol. The van der Waals surface area contributed by atoms with Gasteiger partial charge in [-0.25, -0.2) is 0 Å². The second kappa shape index (κ2) is 8.40. The predicted octanol–water partition coefficient (Wildman–Crippen LogP) is 4.03. The van der Waals surface area contributed by atoms with Crippen molar-refractivity contribution in [1.29, 1.82) is 0 Å². The smallest absolute Gasteiger partial charge is 0.238 e. The minimum Gasteiger partial charge on any atom is -0.504 e. The van der Waals surface area contributed by atoms with E-state index in [2.05, 4.69) is 0 Å². The number of imide groups is 1. The first kappa shape index (κ1) is 23.2. The van der Waals surface area contributed by atoms with Crippen LogP contribution in [-0.2, 0) is 19.2 Å². The van der Waals surface area contributed by atoms with Crippen LogP contribution >= 0.6 is 0 Å². The molecule has 1 fully saturated rings. The average Bonchev–Trinajstić information content (AvgIpc) is 3.16. The van der Waals surface area contributed by atoms with Crippen molar-refractivity contribution in [1.82, 2.24) is 0 Å². The number of anilines is 1. The highest BCUT2D eigenvalue weighted by atomic mass is 16.5. The number of carbonyl (C=O) groups excluding carboxylic acids is 4. The van der Waals surface area contributed by atoms with E-state index in [0.717, 1.165) is 5.57 Å². The van der Waals surface area contributed by atoms with Crippen molar-refractivity contribution >= 4 is 29.1 Å². The summed E-state index contributed by atoms with van der Waals surface area (Å²) in [6.45, 7) is 1.62. The quantitative estimate of drug-likeness (QED) is 0.392. The second-order valence-electron chi connectivity index (χ2n) is 10.0. The van der Waals surface area contributed by atoms with E-state index in [1.807, 2.05) is 12.1 Å². The number of ketones is 2. The highest BCUT2D eigenvalue weighted by molar-refractivity contribution is 6.25. The molecule has 0 saturated carbocycles. The molecule has 4 atom stereocenters. The van der Waals surface area contributed by atoms with Crippen LogP contribution < -0.4 is 9.64 Å². The summed E-state index contributed by atoms with van der Waals surface area (Å²) in [6, 6.07) is 13.8. The third-order valence-corrected chi connectivity index (χ3v) is 8.11. The molecule has 4 aliphatic rings. The summed E-state index contributed by atoms with van der Waals surface area (Å²) in [5.74, 6) is -2.88. The van der Waals surface area contributed by atoms with Gasteiger partial charge >= 0.3 is 0 Å². The number of ether oxygens (including phenoxy) is 1. The van der Waals surface area contributed by atoms with E-state index in [9.17, 15) is 24.3 Å². The highest BCUT2D eigenvalue weighted by Gasteiger charge is 2.56. The average molecular weight is 496 g/mol. The van der Waals surface area contributed by atoms with Crippen molar-refractivity contribution in [2.45, 2.75) is 25.7 Å². The molecule has 1 saturated heterocycles. The van der Waals surface area contributed by atoms with Gasteiger partial charge in [0.15, 0.2) is 23.1 Å². The number of rotatable bonds is 3. The van der Waals surface area contributed by atoms with Gasteiger partial charge in [0, 0.05) is 22.6 Å². The van der Waals surface area contributed by atoms with E-state index < -0.39 is 23.7 Å². The second-order valence-corrected chi connectivity index (χ2v) is 10.0. The topological polar surface area (TPSA) is 101 Å². The van der Waals surface area contributed by atoms with Crippen molar-refractivity contribution in [3.8, 4) is 11.5 Å². The van der Waals surface area contributed by atoms with Crippen LogP contribution in [0.25, 0.3) is 0 Å². The van der Waals surface area contributed by atoms with Crippen molar-refractivity contribution in [3.05, 3.63) is 88.5 Å². The minimum absolute atomic E-state index is 0.0395. The molecule has 2 amide bonds. The first-order chi connectivity index (χ1) is 17.8. The number of allylic oxidation sites excluding steroid dienone is 6. The molecule has 0 aromatic heterocycles. The Morgan fingerprint density at radius 2 is 1.73 bits per heavy atom. The van der Waals surface area contributed by atoms with E-state index >= 15 is 0 Å². The standard InChI is InChI=1S/C30H25NO6/c1-15-12-23(33)27-21(28(15)34)14-20-18(25(27)16-8-11-22(32)24(13-16)37-2)9-10-19-26(20)30(36)31(29(19)35)17-6-4-3-5-7-17/h3-9,11-13,19-20,25-26,32H,10,14H2,1-2H3. The number of aromatic hydroxyl groups is 1. The fourth-order valence-electron chi connectivity index (χ4n) is 6.47. The molecule has 2 aromatic carbocycles. The molecule has 0 bridgehead atoms. The molecule has 4 unspecified atom stereocenters. The summed E-state index contributed by atoms with van der Waals surface area (Å²) in [7, 11) is 1.44. The first-order valence-electron chi connectivity index (χ1n) is 12.3. The maximum Gasteiger partial charge on any atom is 0.238 e.